The number of nitrogens with one attached hydrogen (secondary N) is 1. The van der Waals surface area contributed by atoms with Crippen molar-refractivity contribution in [1.82, 2.24) is 5.32 Å². The second-order valence-corrected chi connectivity index (χ2v) is 9.06. The molecule has 0 aliphatic carbocycles. The van der Waals surface area contributed by atoms with Gasteiger partial charge >= 0.3 is 0 Å². The molecule has 0 unspecified atom stereocenters. The van der Waals surface area contributed by atoms with Crippen LogP contribution in [0.2, 0.25) is 10.0 Å². The Labute approximate surface area is 181 Å². The van der Waals surface area contributed by atoms with Crippen molar-refractivity contribution in [2.45, 2.75) is 25.5 Å². The summed E-state index contributed by atoms with van der Waals surface area (Å²) >= 11 is 14.1. The lowest BCUT2D eigenvalue weighted by Crippen LogP contribution is -2.41. The van der Waals surface area contributed by atoms with Gasteiger partial charge < -0.3 is 10.2 Å². The van der Waals surface area contributed by atoms with Crippen LogP contribution in [0.3, 0.4) is 0 Å². The summed E-state index contributed by atoms with van der Waals surface area (Å²) in [5.41, 5.74) is 3.48. The van der Waals surface area contributed by atoms with Gasteiger partial charge in [-0.15, -0.1) is 0 Å². The third kappa shape index (κ3) is 5.82. The van der Waals surface area contributed by atoms with E-state index in [4.69, 9.17) is 23.2 Å². The Bertz CT molecular complexity index is 769. The Morgan fingerprint density at radius 3 is 2.39 bits per heavy atom. The molecule has 150 valence electrons. The fraction of sp³-hybridized carbons (Fsp3) is 0.409. The molecule has 1 saturated heterocycles. The predicted octanol–water partition coefficient (Wildman–Crippen LogP) is 5.57. The van der Waals surface area contributed by atoms with Crippen LogP contribution in [0, 0.1) is 12.8 Å². The van der Waals surface area contributed by atoms with Gasteiger partial charge in [0.05, 0.1) is 0 Å². The van der Waals surface area contributed by atoms with Gasteiger partial charge in [0.1, 0.15) is 0 Å². The Morgan fingerprint density at radius 2 is 1.75 bits per heavy atom. The number of aryl methyl sites for hydroxylation is 1. The van der Waals surface area contributed by atoms with Crippen molar-refractivity contribution in [2.75, 3.05) is 30.3 Å². The number of halogens is 2. The van der Waals surface area contributed by atoms with E-state index in [9.17, 15) is 4.79 Å². The maximum atomic E-state index is 12.4. The molecule has 1 N–H and O–H groups in total. The molecule has 28 heavy (non-hydrogen) atoms. The zero-order chi connectivity index (χ0) is 19.9. The van der Waals surface area contributed by atoms with E-state index in [1.807, 2.05) is 18.2 Å². The molecule has 0 saturated carbocycles. The maximum absolute atomic E-state index is 12.4. The SMILES string of the molecule is Cc1ccc(N2CCC(C(=O)NCCSCc3c(Cl)cccc3Cl)CC2)cc1. The first-order valence-corrected chi connectivity index (χ1v) is 11.6. The van der Waals surface area contributed by atoms with E-state index in [1.54, 1.807) is 11.8 Å². The van der Waals surface area contributed by atoms with Gasteiger partial charge in [-0.2, -0.15) is 11.8 Å². The molecule has 0 aromatic heterocycles. The van der Waals surface area contributed by atoms with E-state index < -0.39 is 0 Å². The molecule has 3 rings (SSSR count). The first kappa shape index (κ1) is 21.4. The standard InChI is InChI=1S/C22H26Cl2N2OS/c1-16-5-7-18(8-6-16)26-12-9-17(10-13-26)22(27)25-11-14-28-15-19-20(23)3-2-4-21(19)24/h2-8,17H,9-15H2,1H3,(H,25,27). The molecule has 1 aliphatic rings. The number of carbonyl (C=O) groups excluding carboxylic acids is 1. The van der Waals surface area contributed by atoms with Gasteiger partial charge in [-0.05, 0) is 49.6 Å². The summed E-state index contributed by atoms with van der Waals surface area (Å²) in [6, 6.07) is 14.2. The van der Waals surface area contributed by atoms with Crippen LogP contribution in [-0.2, 0) is 10.5 Å². The van der Waals surface area contributed by atoms with Crippen LogP contribution in [0.1, 0.15) is 24.0 Å². The number of hydrogen-bond donors (Lipinski definition) is 1. The van der Waals surface area contributed by atoms with Gasteiger partial charge in [-0.3, -0.25) is 4.79 Å². The third-order valence-electron chi connectivity index (χ3n) is 5.12. The number of rotatable bonds is 7. The summed E-state index contributed by atoms with van der Waals surface area (Å²) in [5.74, 6) is 1.89. The van der Waals surface area contributed by atoms with E-state index in [2.05, 4.69) is 41.4 Å². The minimum Gasteiger partial charge on any atom is -0.371 e. The zero-order valence-corrected chi connectivity index (χ0v) is 18.4. The maximum Gasteiger partial charge on any atom is 0.223 e. The molecule has 1 heterocycles. The van der Waals surface area contributed by atoms with Gasteiger partial charge in [0.15, 0.2) is 0 Å². The second kappa shape index (κ2) is 10.4. The normalized spacial score (nSPS) is 14.9. The Hall–Kier alpha value is -1.36. The highest BCUT2D eigenvalue weighted by Crippen LogP contribution is 2.28. The smallest absolute Gasteiger partial charge is 0.223 e. The van der Waals surface area contributed by atoms with Crippen LogP contribution in [-0.4, -0.2) is 31.3 Å². The van der Waals surface area contributed by atoms with E-state index in [0.29, 0.717) is 16.6 Å². The topological polar surface area (TPSA) is 32.3 Å². The summed E-state index contributed by atoms with van der Waals surface area (Å²) in [5, 5.41) is 4.48. The second-order valence-electron chi connectivity index (χ2n) is 7.14. The van der Waals surface area contributed by atoms with Crippen molar-refractivity contribution in [3.63, 3.8) is 0 Å². The van der Waals surface area contributed by atoms with Crippen molar-refractivity contribution < 1.29 is 4.79 Å². The highest BCUT2D eigenvalue weighted by molar-refractivity contribution is 7.98. The van der Waals surface area contributed by atoms with Crippen molar-refractivity contribution >= 4 is 46.6 Å². The predicted molar refractivity (Wildman–Crippen MR) is 122 cm³/mol. The number of nitrogens with zero attached hydrogens (tertiary/aromatic N) is 1. The molecular weight excluding hydrogens is 411 g/mol. The fourth-order valence-corrected chi connectivity index (χ4v) is 4.99. The fourth-order valence-electron chi connectivity index (χ4n) is 3.39. The quantitative estimate of drug-likeness (QED) is 0.575. The monoisotopic (exact) mass is 436 g/mol. The summed E-state index contributed by atoms with van der Waals surface area (Å²) in [7, 11) is 0. The number of hydrogen-bond acceptors (Lipinski definition) is 3. The largest absolute Gasteiger partial charge is 0.371 e. The number of benzene rings is 2. The van der Waals surface area contributed by atoms with Gasteiger partial charge in [-0.25, -0.2) is 0 Å². The summed E-state index contributed by atoms with van der Waals surface area (Å²) in [4.78, 5) is 14.8. The average molecular weight is 437 g/mol. The van der Waals surface area contributed by atoms with Gasteiger partial charge in [-0.1, -0.05) is 47.0 Å². The molecule has 6 heteroatoms. The molecule has 0 radical (unpaired) electrons. The summed E-state index contributed by atoms with van der Waals surface area (Å²) < 4.78 is 0. The molecular formula is C22H26Cl2N2OS. The van der Waals surface area contributed by atoms with Gasteiger partial charge in [0.2, 0.25) is 5.91 Å². The molecule has 2 aromatic rings. The van der Waals surface area contributed by atoms with E-state index >= 15 is 0 Å². The number of piperidine rings is 1. The third-order valence-corrected chi connectivity index (χ3v) is 6.81. The molecule has 1 aliphatic heterocycles. The minimum absolute atomic E-state index is 0.115. The lowest BCUT2D eigenvalue weighted by molar-refractivity contribution is -0.125. The van der Waals surface area contributed by atoms with E-state index in [1.165, 1.54) is 11.3 Å². The van der Waals surface area contributed by atoms with Crippen molar-refractivity contribution in [3.05, 3.63) is 63.6 Å². The number of anilines is 1. The molecule has 3 nitrogen and oxygen atoms in total. The van der Waals surface area contributed by atoms with Crippen LogP contribution in [0.5, 0.6) is 0 Å². The zero-order valence-electron chi connectivity index (χ0n) is 16.1. The molecule has 1 fully saturated rings. The average Bonchev–Trinajstić information content (AvgIpc) is 2.70. The van der Waals surface area contributed by atoms with E-state index in [-0.39, 0.29) is 11.8 Å². The van der Waals surface area contributed by atoms with Gasteiger partial charge in [0.25, 0.3) is 0 Å². The lowest BCUT2D eigenvalue weighted by Gasteiger charge is -2.33. The Balaban J connectivity index is 1.35. The number of carbonyl (C=O) groups is 1. The van der Waals surface area contributed by atoms with Crippen LogP contribution in [0.25, 0.3) is 0 Å². The van der Waals surface area contributed by atoms with Crippen molar-refractivity contribution in [2.24, 2.45) is 5.92 Å². The molecule has 0 atom stereocenters. The lowest BCUT2D eigenvalue weighted by atomic mass is 9.95. The van der Waals surface area contributed by atoms with Crippen molar-refractivity contribution in [3.8, 4) is 0 Å². The number of amides is 1. The van der Waals surface area contributed by atoms with Crippen LogP contribution in [0.4, 0.5) is 5.69 Å². The summed E-state index contributed by atoms with van der Waals surface area (Å²) in [6.45, 7) is 4.63. The first-order chi connectivity index (χ1) is 13.5. The van der Waals surface area contributed by atoms with E-state index in [0.717, 1.165) is 43.0 Å². The Kier molecular flexibility index (Phi) is 7.95. The molecule has 2 aromatic carbocycles. The molecule has 0 bridgehead atoms. The first-order valence-electron chi connectivity index (χ1n) is 9.64. The van der Waals surface area contributed by atoms with Crippen LogP contribution in [0.15, 0.2) is 42.5 Å². The van der Waals surface area contributed by atoms with Gasteiger partial charge in [0, 0.05) is 52.8 Å². The van der Waals surface area contributed by atoms with Crippen LogP contribution < -0.4 is 10.2 Å². The molecule has 0 spiro atoms. The van der Waals surface area contributed by atoms with Crippen molar-refractivity contribution in [1.29, 1.82) is 0 Å². The minimum atomic E-state index is 0.115. The van der Waals surface area contributed by atoms with Crippen LogP contribution >= 0.6 is 35.0 Å². The highest BCUT2D eigenvalue weighted by Gasteiger charge is 2.24. The highest BCUT2D eigenvalue weighted by atomic mass is 35.5. The summed E-state index contributed by atoms with van der Waals surface area (Å²) in [6.07, 6.45) is 1.81. The molecule has 1 amide bonds. The number of thioether (sulfide) groups is 1. The Morgan fingerprint density at radius 1 is 1.11 bits per heavy atom.